The van der Waals surface area contributed by atoms with Crippen molar-refractivity contribution in [2.45, 2.75) is 0 Å². The SMILES string of the molecule is CNc1nc2ccncc2cc1-c1cccnc1. The average Bonchev–Trinajstić information content (AvgIpc) is 2.46. The maximum absolute atomic E-state index is 4.59. The molecule has 0 unspecified atom stereocenters. The first-order chi connectivity index (χ1) is 8.88. The van der Waals surface area contributed by atoms with E-state index in [1.54, 1.807) is 12.4 Å². The van der Waals surface area contributed by atoms with Crippen molar-refractivity contribution in [2.75, 3.05) is 12.4 Å². The van der Waals surface area contributed by atoms with Gasteiger partial charge in [0.1, 0.15) is 5.82 Å². The van der Waals surface area contributed by atoms with E-state index in [1.807, 2.05) is 37.6 Å². The number of rotatable bonds is 2. The fraction of sp³-hybridized carbons (Fsp3) is 0.0714. The molecule has 3 aromatic heterocycles. The van der Waals surface area contributed by atoms with Crippen LogP contribution in [0.2, 0.25) is 0 Å². The molecule has 3 heterocycles. The number of pyridine rings is 3. The maximum Gasteiger partial charge on any atom is 0.134 e. The van der Waals surface area contributed by atoms with Gasteiger partial charge in [0.05, 0.1) is 5.52 Å². The van der Waals surface area contributed by atoms with Gasteiger partial charge >= 0.3 is 0 Å². The zero-order chi connectivity index (χ0) is 12.4. The number of hydrogen-bond donors (Lipinski definition) is 1. The zero-order valence-corrected chi connectivity index (χ0v) is 9.96. The molecule has 3 aromatic rings. The largest absolute Gasteiger partial charge is 0.373 e. The van der Waals surface area contributed by atoms with Crippen molar-refractivity contribution in [2.24, 2.45) is 0 Å². The van der Waals surface area contributed by atoms with Crippen molar-refractivity contribution < 1.29 is 0 Å². The van der Waals surface area contributed by atoms with E-state index in [4.69, 9.17) is 0 Å². The van der Waals surface area contributed by atoms with Crippen molar-refractivity contribution in [3.05, 3.63) is 49.1 Å². The van der Waals surface area contributed by atoms with Gasteiger partial charge in [0.15, 0.2) is 0 Å². The monoisotopic (exact) mass is 236 g/mol. The van der Waals surface area contributed by atoms with Crippen molar-refractivity contribution >= 4 is 16.7 Å². The number of aromatic nitrogens is 3. The summed E-state index contributed by atoms with van der Waals surface area (Å²) in [5.41, 5.74) is 3.01. The van der Waals surface area contributed by atoms with Gasteiger partial charge in [-0.25, -0.2) is 4.98 Å². The molecule has 3 rings (SSSR count). The molecular formula is C14H12N4. The zero-order valence-electron chi connectivity index (χ0n) is 9.96. The lowest BCUT2D eigenvalue weighted by molar-refractivity contribution is 1.29. The Balaban J connectivity index is 2.27. The van der Waals surface area contributed by atoms with E-state index in [0.29, 0.717) is 0 Å². The first-order valence-electron chi connectivity index (χ1n) is 5.71. The summed E-state index contributed by atoms with van der Waals surface area (Å²) in [5, 5.41) is 4.15. The Morgan fingerprint density at radius 2 is 1.94 bits per heavy atom. The van der Waals surface area contributed by atoms with E-state index in [0.717, 1.165) is 27.8 Å². The summed E-state index contributed by atoms with van der Waals surface area (Å²) in [6.45, 7) is 0. The van der Waals surface area contributed by atoms with Gasteiger partial charge in [-0.3, -0.25) is 9.97 Å². The first kappa shape index (κ1) is 10.7. The molecule has 4 heteroatoms. The third kappa shape index (κ3) is 1.78. The molecule has 18 heavy (non-hydrogen) atoms. The molecule has 0 saturated carbocycles. The lowest BCUT2D eigenvalue weighted by atomic mass is 10.1. The summed E-state index contributed by atoms with van der Waals surface area (Å²) in [4.78, 5) is 12.9. The summed E-state index contributed by atoms with van der Waals surface area (Å²) in [6.07, 6.45) is 7.17. The van der Waals surface area contributed by atoms with Gasteiger partial charge in [0.2, 0.25) is 0 Å². The van der Waals surface area contributed by atoms with Crippen LogP contribution in [0, 0.1) is 0 Å². The van der Waals surface area contributed by atoms with Crippen LogP contribution in [0.3, 0.4) is 0 Å². The minimum atomic E-state index is 0.849. The van der Waals surface area contributed by atoms with Gasteiger partial charge in [0.25, 0.3) is 0 Å². The summed E-state index contributed by atoms with van der Waals surface area (Å²) in [6, 6.07) is 7.93. The third-order valence-electron chi connectivity index (χ3n) is 2.82. The Morgan fingerprint density at radius 3 is 2.72 bits per heavy atom. The Bertz CT molecular complexity index is 680. The van der Waals surface area contributed by atoms with E-state index in [9.17, 15) is 0 Å². The van der Waals surface area contributed by atoms with Gasteiger partial charge in [-0.05, 0) is 18.2 Å². The molecule has 0 radical (unpaired) electrons. The molecule has 0 aromatic carbocycles. The van der Waals surface area contributed by atoms with Crippen LogP contribution in [0.25, 0.3) is 22.0 Å². The lowest BCUT2D eigenvalue weighted by Crippen LogP contribution is -1.96. The molecule has 0 aliphatic heterocycles. The molecule has 0 spiro atoms. The smallest absolute Gasteiger partial charge is 0.134 e. The van der Waals surface area contributed by atoms with Gasteiger partial charge in [-0.1, -0.05) is 6.07 Å². The van der Waals surface area contributed by atoms with Gasteiger partial charge < -0.3 is 5.32 Å². The van der Waals surface area contributed by atoms with Crippen molar-refractivity contribution in [1.29, 1.82) is 0 Å². The quantitative estimate of drug-likeness (QED) is 0.743. The van der Waals surface area contributed by atoms with Gasteiger partial charge in [0, 0.05) is 48.3 Å². The Kier molecular flexibility index (Phi) is 2.61. The van der Waals surface area contributed by atoms with Crippen molar-refractivity contribution in [3.63, 3.8) is 0 Å². The van der Waals surface area contributed by atoms with E-state index in [-0.39, 0.29) is 0 Å². The van der Waals surface area contributed by atoms with E-state index >= 15 is 0 Å². The minimum absolute atomic E-state index is 0.849. The highest BCUT2D eigenvalue weighted by Crippen LogP contribution is 2.28. The lowest BCUT2D eigenvalue weighted by Gasteiger charge is -2.09. The minimum Gasteiger partial charge on any atom is -0.373 e. The fourth-order valence-electron chi connectivity index (χ4n) is 1.95. The standard InChI is InChI=1S/C14H12N4/c1-15-14-12(10-3-2-5-16-8-10)7-11-9-17-6-4-13(11)18-14/h2-9H,1H3,(H,15,18). The van der Waals surface area contributed by atoms with Crippen LogP contribution in [0.4, 0.5) is 5.82 Å². The molecule has 1 N–H and O–H groups in total. The molecule has 4 nitrogen and oxygen atoms in total. The number of hydrogen-bond acceptors (Lipinski definition) is 4. The molecule has 88 valence electrons. The predicted molar refractivity (Wildman–Crippen MR) is 72.3 cm³/mol. The summed E-state index contributed by atoms with van der Waals surface area (Å²) in [7, 11) is 1.87. The maximum atomic E-state index is 4.59. The molecule has 0 aliphatic carbocycles. The Morgan fingerprint density at radius 1 is 1.06 bits per heavy atom. The second-order valence-corrected chi connectivity index (χ2v) is 3.94. The average molecular weight is 236 g/mol. The number of nitrogens with zero attached hydrogens (tertiary/aromatic N) is 3. The third-order valence-corrected chi connectivity index (χ3v) is 2.82. The van der Waals surface area contributed by atoms with Crippen LogP contribution in [0.1, 0.15) is 0 Å². The van der Waals surface area contributed by atoms with Crippen molar-refractivity contribution in [3.8, 4) is 11.1 Å². The number of nitrogens with one attached hydrogen (secondary N) is 1. The van der Waals surface area contributed by atoms with E-state index in [1.165, 1.54) is 0 Å². The van der Waals surface area contributed by atoms with Crippen LogP contribution < -0.4 is 5.32 Å². The molecule has 0 fully saturated rings. The molecule has 0 saturated heterocycles. The number of fused-ring (bicyclic) bond motifs is 1. The highest BCUT2D eigenvalue weighted by molar-refractivity contribution is 5.88. The van der Waals surface area contributed by atoms with Crippen LogP contribution in [-0.4, -0.2) is 22.0 Å². The Hall–Kier alpha value is -2.49. The van der Waals surface area contributed by atoms with E-state index < -0.39 is 0 Å². The van der Waals surface area contributed by atoms with Gasteiger partial charge in [-0.15, -0.1) is 0 Å². The Labute approximate surface area is 105 Å². The molecular weight excluding hydrogens is 224 g/mol. The second kappa shape index (κ2) is 4.41. The first-order valence-corrected chi connectivity index (χ1v) is 5.71. The summed E-state index contributed by atoms with van der Waals surface area (Å²) >= 11 is 0. The topological polar surface area (TPSA) is 50.7 Å². The molecule has 0 bridgehead atoms. The molecule has 0 atom stereocenters. The van der Waals surface area contributed by atoms with Crippen LogP contribution in [0.15, 0.2) is 49.1 Å². The second-order valence-electron chi connectivity index (χ2n) is 3.94. The summed E-state index contributed by atoms with van der Waals surface area (Å²) < 4.78 is 0. The molecule has 0 amide bonds. The predicted octanol–water partition coefficient (Wildman–Crippen LogP) is 2.73. The van der Waals surface area contributed by atoms with E-state index in [2.05, 4.69) is 26.3 Å². The van der Waals surface area contributed by atoms with Crippen LogP contribution in [0.5, 0.6) is 0 Å². The normalized spacial score (nSPS) is 10.5. The number of anilines is 1. The fourth-order valence-corrected chi connectivity index (χ4v) is 1.95. The molecule has 0 aliphatic rings. The van der Waals surface area contributed by atoms with Gasteiger partial charge in [-0.2, -0.15) is 0 Å². The van der Waals surface area contributed by atoms with Crippen molar-refractivity contribution in [1.82, 2.24) is 15.0 Å². The summed E-state index contributed by atoms with van der Waals surface area (Å²) in [5.74, 6) is 0.849. The highest BCUT2D eigenvalue weighted by Gasteiger charge is 2.07. The van der Waals surface area contributed by atoms with Crippen LogP contribution >= 0.6 is 0 Å². The van der Waals surface area contributed by atoms with Crippen LogP contribution in [-0.2, 0) is 0 Å². The highest BCUT2D eigenvalue weighted by atomic mass is 15.0.